The second-order valence-electron chi connectivity index (χ2n) is 3.98. The highest BCUT2D eigenvalue weighted by Crippen LogP contribution is 1.99. The quantitative estimate of drug-likeness (QED) is 0.487. The minimum atomic E-state index is -3.17. The van der Waals surface area contributed by atoms with Crippen molar-refractivity contribution in [3.05, 3.63) is 0 Å². The highest BCUT2D eigenvalue weighted by atomic mass is 32.8. The van der Waals surface area contributed by atoms with Crippen molar-refractivity contribution in [3.8, 4) is 0 Å². The molecule has 5 heteroatoms. The lowest BCUT2D eigenvalue weighted by Gasteiger charge is -2.23. The standard InChI is InChI=1S/C7H17NO2S2/c1-8(2,3)6-4-5-7-12(9,10)11/h4-7H2,1-3H3. The van der Waals surface area contributed by atoms with Gasteiger partial charge in [0.1, 0.15) is 0 Å². The van der Waals surface area contributed by atoms with E-state index < -0.39 is 8.77 Å². The molecule has 0 saturated heterocycles. The minimum Gasteiger partial charge on any atom is -0.769 e. The molecule has 0 fully saturated rings. The van der Waals surface area contributed by atoms with Crippen LogP contribution in [0, 0.1) is 0 Å². The summed E-state index contributed by atoms with van der Waals surface area (Å²) in [6.45, 7) is 0.991. The fourth-order valence-corrected chi connectivity index (χ4v) is 1.78. The second-order valence-corrected chi connectivity index (χ2v) is 7.03. The largest absolute Gasteiger partial charge is 0.769 e. The van der Waals surface area contributed by atoms with Crippen LogP contribution in [0.15, 0.2) is 0 Å². The lowest BCUT2D eigenvalue weighted by molar-refractivity contribution is -0.870. The Hall–Kier alpha value is 0.290. The van der Waals surface area contributed by atoms with E-state index >= 15 is 0 Å². The predicted molar refractivity (Wildman–Crippen MR) is 53.3 cm³/mol. The first-order valence-corrected chi connectivity index (χ1v) is 6.52. The Morgan fingerprint density at radius 2 is 1.83 bits per heavy atom. The van der Waals surface area contributed by atoms with Crippen molar-refractivity contribution in [2.45, 2.75) is 12.8 Å². The van der Waals surface area contributed by atoms with Crippen LogP contribution in [0.1, 0.15) is 12.8 Å². The van der Waals surface area contributed by atoms with Gasteiger partial charge in [-0.05, 0) is 32.8 Å². The van der Waals surface area contributed by atoms with Crippen molar-refractivity contribution >= 4 is 20.0 Å². The summed E-state index contributed by atoms with van der Waals surface area (Å²) in [5, 5.41) is 0. The topological polar surface area (TPSA) is 40.1 Å². The van der Waals surface area contributed by atoms with E-state index in [0.29, 0.717) is 6.42 Å². The van der Waals surface area contributed by atoms with Crippen LogP contribution in [0.25, 0.3) is 0 Å². The third-order valence-electron chi connectivity index (χ3n) is 1.47. The predicted octanol–water partition coefficient (Wildman–Crippen LogP) is 0.350. The SMILES string of the molecule is C[N+](C)(C)CCCCS(=O)([O-])=S. The van der Waals surface area contributed by atoms with Crippen molar-refractivity contribution in [1.82, 2.24) is 0 Å². The average Bonchev–Trinajstić information content (AvgIpc) is 1.76. The van der Waals surface area contributed by atoms with Crippen LogP contribution in [0.4, 0.5) is 0 Å². The molecule has 0 aliphatic rings. The lowest BCUT2D eigenvalue weighted by Crippen LogP contribution is -2.35. The number of hydrogen-bond acceptors (Lipinski definition) is 3. The zero-order valence-corrected chi connectivity index (χ0v) is 9.54. The summed E-state index contributed by atoms with van der Waals surface area (Å²) < 4.78 is 22.0. The maximum atomic E-state index is 10.6. The van der Waals surface area contributed by atoms with E-state index in [2.05, 4.69) is 32.3 Å². The van der Waals surface area contributed by atoms with Gasteiger partial charge in [-0.3, -0.25) is 4.21 Å². The van der Waals surface area contributed by atoms with Crippen molar-refractivity contribution in [2.75, 3.05) is 33.4 Å². The fourth-order valence-electron chi connectivity index (χ4n) is 0.865. The first-order valence-electron chi connectivity index (χ1n) is 3.95. The Balaban J connectivity index is 3.48. The molecule has 0 radical (unpaired) electrons. The van der Waals surface area contributed by atoms with Crippen LogP contribution in [-0.4, -0.2) is 46.7 Å². The van der Waals surface area contributed by atoms with E-state index in [1.807, 2.05) is 0 Å². The Labute approximate surface area is 79.9 Å². The Bertz CT molecular complexity index is 216. The van der Waals surface area contributed by atoms with Gasteiger partial charge in [-0.2, -0.15) is 0 Å². The molecular formula is C7H17NO2S2. The van der Waals surface area contributed by atoms with E-state index in [1.54, 1.807) is 0 Å². The Kier molecular flexibility index (Phi) is 4.61. The van der Waals surface area contributed by atoms with Crippen molar-refractivity contribution in [2.24, 2.45) is 0 Å². The third kappa shape index (κ3) is 10.3. The lowest BCUT2D eigenvalue weighted by atomic mass is 10.3. The number of hydrogen-bond donors (Lipinski definition) is 0. The summed E-state index contributed by atoms with van der Waals surface area (Å²) >= 11 is 4.26. The molecule has 1 atom stereocenters. The van der Waals surface area contributed by atoms with Gasteiger partial charge in [-0.25, -0.2) is 0 Å². The summed E-state index contributed by atoms with van der Waals surface area (Å²) in [4.78, 5) is 0. The van der Waals surface area contributed by atoms with Crippen LogP contribution in [0.5, 0.6) is 0 Å². The van der Waals surface area contributed by atoms with Gasteiger partial charge in [0.25, 0.3) is 0 Å². The third-order valence-corrected chi connectivity index (χ3v) is 2.76. The summed E-state index contributed by atoms with van der Waals surface area (Å²) in [5.74, 6) is 0.141. The highest BCUT2D eigenvalue weighted by Gasteiger charge is 2.05. The monoisotopic (exact) mass is 211 g/mol. The maximum absolute atomic E-state index is 10.6. The molecule has 3 nitrogen and oxygen atoms in total. The Morgan fingerprint density at radius 3 is 2.17 bits per heavy atom. The zero-order chi connectivity index (χ0) is 9.83. The van der Waals surface area contributed by atoms with Gasteiger partial charge in [-0.1, -0.05) is 0 Å². The average molecular weight is 211 g/mol. The summed E-state index contributed by atoms with van der Waals surface area (Å²) in [7, 11) is 3.09. The van der Waals surface area contributed by atoms with Crippen molar-refractivity contribution in [3.63, 3.8) is 0 Å². The molecule has 0 rings (SSSR count). The van der Waals surface area contributed by atoms with Crippen molar-refractivity contribution in [1.29, 1.82) is 0 Å². The second kappa shape index (κ2) is 4.50. The molecule has 0 bridgehead atoms. The molecule has 0 aliphatic carbocycles. The van der Waals surface area contributed by atoms with Crippen LogP contribution in [0.2, 0.25) is 0 Å². The number of quaternary nitrogens is 1. The number of nitrogens with zero attached hydrogens (tertiary/aromatic N) is 1. The molecule has 0 N–H and O–H groups in total. The van der Waals surface area contributed by atoms with Crippen LogP contribution in [0.3, 0.4) is 0 Å². The Morgan fingerprint density at radius 1 is 1.33 bits per heavy atom. The molecule has 0 spiro atoms. The fraction of sp³-hybridized carbons (Fsp3) is 1.00. The van der Waals surface area contributed by atoms with Gasteiger partial charge in [0.05, 0.1) is 27.7 Å². The summed E-state index contributed by atoms with van der Waals surface area (Å²) in [6, 6.07) is 0. The van der Waals surface area contributed by atoms with Gasteiger partial charge >= 0.3 is 0 Å². The molecule has 12 heavy (non-hydrogen) atoms. The molecule has 0 aromatic heterocycles. The van der Waals surface area contributed by atoms with E-state index in [-0.39, 0.29) is 5.75 Å². The normalized spacial score (nSPS) is 17.3. The first kappa shape index (κ1) is 12.3. The molecule has 74 valence electrons. The maximum Gasteiger partial charge on any atom is 0.0780 e. The van der Waals surface area contributed by atoms with Gasteiger partial charge < -0.3 is 9.04 Å². The minimum absolute atomic E-state index is 0.141. The molecule has 0 heterocycles. The molecular weight excluding hydrogens is 194 g/mol. The highest BCUT2D eigenvalue weighted by molar-refractivity contribution is 8.29. The van der Waals surface area contributed by atoms with Gasteiger partial charge in [0.2, 0.25) is 0 Å². The van der Waals surface area contributed by atoms with Crippen molar-refractivity contribution < 1.29 is 13.2 Å². The molecule has 1 unspecified atom stereocenters. The molecule has 0 aliphatic heterocycles. The number of unbranched alkanes of at least 4 members (excludes halogenated alkanes) is 1. The van der Waals surface area contributed by atoms with E-state index in [1.165, 1.54) is 0 Å². The van der Waals surface area contributed by atoms with Crippen LogP contribution >= 0.6 is 0 Å². The van der Waals surface area contributed by atoms with E-state index in [9.17, 15) is 8.76 Å². The smallest absolute Gasteiger partial charge is 0.0780 e. The first-order chi connectivity index (χ1) is 5.21. The van der Waals surface area contributed by atoms with Gasteiger partial charge in [-0.15, -0.1) is 0 Å². The molecule has 0 amide bonds. The van der Waals surface area contributed by atoms with E-state index in [0.717, 1.165) is 17.4 Å². The summed E-state index contributed by atoms with van der Waals surface area (Å²) in [5.41, 5.74) is 0. The molecule has 0 aromatic carbocycles. The van der Waals surface area contributed by atoms with Crippen LogP contribution < -0.4 is 0 Å². The van der Waals surface area contributed by atoms with Crippen LogP contribution in [-0.2, 0) is 20.0 Å². The van der Waals surface area contributed by atoms with Gasteiger partial charge in [0.15, 0.2) is 0 Å². The van der Waals surface area contributed by atoms with Gasteiger partial charge in [0, 0.05) is 5.75 Å². The zero-order valence-electron chi connectivity index (χ0n) is 7.91. The van der Waals surface area contributed by atoms with E-state index in [4.69, 9.17) is 0 Å². The molecule has 0 saturated carbocycles. The number of rotatable bonds is 5. The molecule has 0 aromatic rings. The summed E-state index contributed by atoms with van der Waals surface area (Å²) in [6.07, 6.45) is 1.60.